The second-order valence-corrected chi connectivity index (χ2v) is 8.81. The summed E-state index contributed by atoms with van der Waals surface area (Å²) in [6, 6.07) is 0. The van der Waals surface area contributed by atoms with E-state index in [-0.39, 0.29) is 28.9 Å². The van der Waals surface area contributed by atoms with Crippen molar-refractivity contribution in [2.24, 2.45) is 5.92 Å². The number of aromatic nitrogens is 8. The van der Waals surface area contributed by atoms with Crippen LogP contribution in [0.2, 0.25) is 0 Å². The molecule has 0 radical (unpaired) electrons. The number of aryl methyl sites for hydroxylation is 1. The molecule has 1 aliphatic heterocycles. The Hall–Kier alpha value is -4.17. The van der Waals surface area contributed by atoms with E-state index in [0.717, 1.165) is 12.8 Å². The molecule has 4 aromatic rings. The summed E-state index contributed by atoms with van der Waals surface area (Å²) in [5.74, 6) is -2.96. The number of rotatable bonds is 6. The minimum absolute atomic E-state index is 0.0664. The fourth-order valence-electron chi connectivity index (χ4n) is 4.68. The number of carbonyl (C=O) groups excluding carboxylic acids is 1. The van der Waals surface area contributed by atoms with E-state index in [4.69, 9.17) is 10.2 Å². The van der Waals surface area contributed by atoms with Gasteiger partial charge in [0.05, 0.1) is 17.5 Å². The summed E-state index contributed by atoms with van der Waals surface area (Å²) < 4.78 is 46.1. The molecule has 1 unspecified atom stereocenters. The Morgan fingerprint density at radius 2 is 2.06 bits per heavy atom. The molecule has 0 bridgehead atoms. The second-order valence-electron chi connectivity index (χ2n) is 8.81. The topological polar surface area (TPSA) is 163 Å². The molecule has 1 atom stereocenters. The molecule has 36 heavy (non-hydrogen) atoms. The minimum atomic E-state index is -4.86. The third-order valence-electron chi connectivity index (χ3n) is 6.44. The number of nitrogen functional groups attached to an aromatic ring is 1. The summed E-state index contributed by atoms with van der Waals surface area (Å²) in [6.45, 7) is 2.06. The quantitative estimate of drug-likeness (QED) is 0.402. The van der Waals surface area contributed by atoms with Crippen LogP contribution < -0.4 is 11.1 Å². The number of hydrogen-bond donors (Lipinski definition) is 2. The van der Waals surface area contributed by atoms with Gasteiger partial charge in [0, 0.05) is 0 Å². The van der Waals surface area contributed by atoms with Crippen molar-refractivity contribution in [3.8, 4) is 11.5 Å². The van der Waals surface area contributed by atoms with Gasteiger partial charge >= 0.3 is 12.1 Å². The molecule has 0 saturated heterocycles. The lowest BCUT2D eigenvalue weighted by atomic mass is 9.77. The Morgan fingerprint density at radius 3 is 2.75 bits per heavy atom. The van der Waals surface area contributed by atoms with Gasteiger partial charge in [-0.05, 0) is 31.6 Å². The number of fused-ring (bicyclic) bond motifs is 2. The number of carbonyl (C=O) groups is 1. The number of unbranched alkanes of at least 4 members (excludes halogenated alkanes) is 1. The van der Waals surface area contributed by atoms with Crippen molar-refractivity contribution in [1.29, 1.82) is 0 Å². The van der Waals surface area contributed by atoms with Gasteiger partial charge < -0.3 is 15.5 Å². The molecule has 1 fully saturated rings. The molecular weight excluding hydrogens is 481 g/mol. The molecule has 186 valence electrons. The van der Waals surface area contributed by atoms with Crippen LogP contribution in [0.25, 0.3) is 17.2 Å². The summed E-state index contributed by atoms with van der Waals surface area (Å²) >= 11 is 0. The van der Waals surface area contributed by atoms with Crippen molar-refractivity contribution >= 4 is 23.2 Å². The third-order valence-corrected chi connectivity index (χ3v) is 6.44. The number of amides is 1. The standard InChI is InChI=1S/C21H19F3N10O2/c1-2-3-4-10-16-26-8-27-34(16)7-11(28-10)14-29-13(25)12-15(30-14)31-17(35)20(12,9-5-6-9)18-32-33-19(36-18)21(22,23)24/h7-9H,2-6H2,1H3,(H3,25,29,30,31,35). The average Bonchev–Trinajstić information content (AvgIpc) is 3.24. The highest BCUT2D eigenvalue weighted by Crippen LogP contribution is 2.57. The molecular formula is C21H19F3N10O2. The summed E-state index contributed by atoms with van der Waals surface area (Å²) in [7, 11) is 0. The Kier molecular flexibility index (Phi) is 4.75. The molecule has 3 N–H and O–H groups in total. The Labute approximate surface area is 200 Å². The largest absolute Gasteiger partial charge is 0.470 e. The monoisotopic (exact) mass is 500 g/mol. The Balaban J connectivity index is 1.49. The third kappa shape index (κ3) is 3.21. The van der Waals surface area contributed by atoms with E-state index < -0.39 is 29.3 Å². The van der Waals surface area contributed by atoms with Crippen LogP contribution in [0.15, 0.2) is 16.9 Å². The lowest BCUT2D eigenvalue weighted by Crippen LogP contribution is -2.39. The molecule has 5 heterocycles. The first-order valence-electron chi connectivity index (χ1n) is 11.3. The minimum Gasteiger partial charge on any atom is -0.416 e. The summed E-state index contributed by atoms with van der Waals surface area (Å²) in [5.41, 5.74) is 6.43. The highest BCUT2D eigenvalue weighted by Gasteiger charge is 2.63. The fourth-order valence-corrected chi connectivity index (χ4v) is 4.68. The number of hydrogen-bond acceptors (Lipinski definition) is 10. The van der Waals surface area contributed by atoms with E-state index in [9.17, 15) is 18.0 Å². The van der Waals surface area contributed by atoms with Gasteiger partial charge in [-0.15, -0.1) is 10.2 Å². The lowest BCUT2D eigenvalue weighted by molar-refractivity contribution is -0.158. The maximum Gasteiger partial charge on any atom is 0.470 e. The van der Waals surface area contributed by atoms with Crippen molar-refractivity contribution in [3.05, 3.63) is 35.6 Å². The fraction of sp³-hybridized carbons (Fsp3) is 0.429. The van der Waals surface area contributed by atoms with Crippen molar-refractivity contribution in [3.63, 3.8) is 0 Å². The number of alkyl halides is 3. The van der Waals surface area contributed by atoms with Crippen molar-refractivity contribution < 1.29 is 22.4 Å². The summed E-state index contributed by atoms with van der Waals surface area (Å²) in [4.78, 5) is 31.1. The second kappa shape index (κ2) is 7.66. The smallest absolute Gasteiger partial charge is 0.416 e. The molecule has 2 aliphatic rings. The Bertz CT molecular complexity index is 1510. The number of nitrogens with two attached hydrogens (primary N) is 1. The van der Waals surface area contributed by atoms with Gasteiger partial charge in [0.25, 0.3) is 0 Å². The first-order valence-corrected chi connectivity index (χ1v) is 11.3. The SMILES string of the molecule is CCCCc1nc(-c2nc(N)c3c(n2)NC(=O)C3(c2nnc(C(F)(F)F)o2)C2CC2)cn2ncnc12. The van der Waals surface area contributed by atoms with E-state index in [0.29, 0.717) is 36.3 Å². The van der Waals surface area contributed by atoms with Gasteiger partial charge in [-0.25, -0.2) is 24.5 Å². The van der Waals surface area contributed by atoms with Gasteiger partial charge in [0.1, 0.15) is 23.7 Å². The van der Waals surface area contributed by atoms with Gasteiger partial charge in [-0.1, -0.05) is 13.3 Å². The van der Waals surface area contributed by atoms with Gasteiger partial charge in [-0.3, -0.25) is 4.79 Å². The normalized spacial score (nSPS) is 19.6. The van der Waals surface area contributed by atoms with E-state index >= 15 is 0 Å². The number of nitrogens with one attached hydrogen (secondary N) is 1. The number of anilines is 2. The molecule has 6 rings (SSSR count). The van der Waals surface area contributed by atoms with Crippen LogP contribution in [0, 0.1) is 5.92 Å². The van der Waals surface area contributed by atoms with E-state index in [1.807, 2.05) is 0 Å². The number of halogens is 3. The molecule has 15 heteroatoms. The molecule has 1 saturated carbocycles. The molecule has 1 aliphatic carbocycles. The predicted molar refractivity (Wildman–Crippen MR) is 116 cm³/mol. The maximum atomic E-state index is 13.3. The highest BCUT2D eigenvalue weighted by atomic mass is 19.4. The van der Waals surface area contributed by atoms with Crippen molar-refractivity contribution in [2.75, 3.05) is 11.1 Å². The van der Waals surface area contributed by atoms with Crippen LogP contribution in [0.4, 0.5) is 24.8 Å². The van der Waals surface area contributed by atoms with Crippen LogP contribution in [0.1, 0.15) is 55.6 Å². The van der Waals surface area contributed by atoms with Crippen LogP contribution in [0.3, 0.4) is 0 Å². The molecule has 12 nitrogen and oxygen atoms in total. The zero-order valence-corrected chi connectivity index (χ0v) is 18.9. The highest BCUT2D eigenvalue weighted by molar-refractivity contribution is 6.09. The molecule has 4 aromatic heterocycles. The first-order chi connectivity index (χ1) is 17.2. The number of nitrogens with zero attached hydrogens (tertiary/aromatic N) is 8. The van der Waals surface area contributed by atoms with Crippen LogP contribution in [-0.2, 0) is 22.8 Å². The van der Waals surface area contributed by atoms with Crippen molar-refractivity contribution in [1.82, 2.24) is 39.7 Å². The zero-order valence-electron chi connectivity index (χ0n) is 18.9. The van der Waals surface area contributed by atoms with E-state index in [1.54, 1.807) is 10.7 Å². The van der Waals surface area contributed by atoms with Crippen molar-refractivity contribution in [2.45, 2.75) is 50.6 Å². The summed E-state index contributed by atoms with van der Waals surface area (Å²) in [5, 5.41) is 13.5. The average molecular weight is 500 g/mol. The van der Waals surface area contributed by atoms with E-state index in [1.165, 1.54) is 6.33 Å². The summed E-state index contributed by atoms with van der Waals surface area (Å²) in [6.07, 6.45) is 1.77. The molecule has 0 aromatic carbocycles. The molecule has 1 amide bonds. The maximum absolute atomic E-state index is 13.3. The van der Waals surface area contributed by atoms with Gasteiger partial charge in [0.2, 0.25) is 11.8 Å². The first kappa shape index (κ1) is 22.3. The van der Waals surface area contributed by atoms with Gasteiger partial charge in [0.15, 0.2) is 16.9 Å². The predicted octanol–water partition coefficient (Wildman–Crippen LogP) is 2.56. The van der Waals surface area contributed by atoms with Crippen LogP contribution >= 0.6 is 0 Å². The molecule has 0 spiro atoms. The zero-order chi connectivity index (χ0) is 25.2. The van der Waals surface area contributed by atoms with Crippen LogP contribution in [0.5, 0.6) is 0 Å². The van der Waals surface area contributed by atoms with E-state index in [2.05, 4.69) is 47.5 Å². The van der Waals surface area contributed by atoms with Crippen LogP contribution in [-0.4, -0.2) is 45.7 Å². The van der Waals surface area contributed by atoms with Gasteiger partial charge in [-0.2, -0.15) is 18.3 Å². The Morgan fingerprint density at radius 1 is 1.25 bits per heavy atom. The lowest BCUT2D eigenvalue weighted by Gasteiger charge is -2.23.